The van der Waals surface area contributed by atoms with Gasteiger partial charge in [-0.15, -0.1) is 12.4 Å². The van der Waals surface area contributed by atoms with Gasteiger partial charge in [0, 0.05) is 39.8 Å². The van der Waals surface area contributed by atoms with Crippen molar-refractivity contribution in [3.63, 3.8) is 0 Å². The van der Waals surface area contributed by atoms with Gasteiger partial charge in [0.05, 0.1) is 6.61 Å². The standard InChI is InChI=1S/C9H21N3O3S.ClH/c1-11(6-7-15-2)16(13,14)12-5-3-4-9(10)8-12;/h9H,3-8,10H2,1-2H3;1H. The van der Waals surface area contributed by atoms with Crippen LogP contribution in [0.25, 0.3) is 0 Å². The molecule has 0 amide bonds. The lowest BCUT2D eigenvalue weighted by atomic mass is 10.1. The van der Waals surface area contributed by atoms with Gasteiger partial charge in [0.25, 0.3) is 10.2 Å². The first kappa shape index (κ1) is 17.1. The van der Waals surface area contributed by atoms with Crippen molar-refractivity contribution in [3.8, 4) is 0 Å². The lowest BCUT2D eigenvalue weighted by Gasteiger charge is -2.32. The summed E-state index contributed by atoms with van der Waals surface area (Å²) in [6.45, 7) is 1.74. The molecule has 17 heavy (non-hydrogen) atoms. The molecule has 0 bridgehead atoms. The molecule has 1 rings (SSSR count). The van der Waals surface area contributed by atoms with Gasteiger partial charge >= 0.3 is 0 Å². The van der Waals surface area contributed by atoms with Gasteiger partial charge in [0.1, 0.15) is 0 Å². The molecule has 8 heteroatoms. The number of likely N-dealkylation sites (N-methyl/N-ethyl adjacent to an activating group) is 1. The van der Waals surface area contributed by atoms with E-state index in [-0.39, 0.29) is 18.4 Å². The molecule has 1 fully saturated rings. The quantitative estimate of drug-likeness (QED) is 0.750. The van der Waals surface area contributed by atoms with Gasteiger partial charge in [-0.2, -0.15) is 17.0 Å². The molecule has 0 aliphatic carbocycles. The van der Waals surface area contributed by atoms with Crippen LogP contribution in [0.15, 0.2) is 0 Å². The first-order valence-corrected chi connectivity index (χ1v) is 6.84. The van der Waals surface area contributed by atoms with Crippen molar-refractivity contribution in [1.29, 1.82) is 0 Å². The Morgan fingerprint density at radius 2 is 2.18 bits per heavy atom. The van der Waals surface area contributed by atoms with Crippen molar-refractivity contribution in [2.24, 2.45) is 5.73 Å². The minimum absolute atomic E-state index is 0. The summed E-state index contributed by atoms with van der Waals surface area (Å²) in [6.07, 6.45) is 1.73. The number of rotatable bonds is 5. The van der Waals surface area contributed by atoms with E-state index in [0.717, 1.165) is 12.8 Å². The molecule has 0 saturated carbocycles. The van der Waals surface area contributed by atoms with Gasteiger partial charge in [-0.05, 0) is 12.8 Å². The third kappa shape index (κ3) is 4.69. The normalized spacial score (nSPS) is 22.5. The summed E-state index contributed by atoms with van der Waals surface area (Å²) < 4.78 is 31.8. The zero-order valence-corrected chi connectivity index (χ0v) is 12.0. The summed E-state index contributed by atoms with van der Waals surface area (Å²) in [6, 6.07) is -0.0423. The number of hydrogen-bond acceptors (Lipinski definition) is 4. The first-order valence-electron chi connectivity index (χ1n) is 5.44. The smallest absolute Gasteiger partial charge is 0.281 e. The van der Waals surface area contributed by atoms with Gasteiger partial charge in [-0.1, -0.05) is 0 Å². The number of nitrogens with two attached hydrogens (primary N) is 1. The average Bonchev–Trinajstić information content (AvgIpc) is 2.25. The van der Waals surface area contributed by atoms with E-state index in [4.69, 9.17) is 10.5 Å². The molecule has 104 valence electrons. The largest absolute Gasteiger partial charge is 0.383 e. The molecule has 0 radical (unpaired) electrons. The number of hydrogen-bond donors (Lipinski definition) is 1. The topological polar surface area (TPSA) is 75.9 Å². The van der Waals surface area contributed by atoms with Crippen LogP contribution in [0.2, 0.25) is 0 Å². The molecule has 1 aliphatic rings. The van der Waals surface area contributed by atoms with Crippen molar-refractivity contribution in [2.45, 2.75) is 18.9 Å². The SMILES string of the molecule is COCCN(C)S(=O)(=O)N1CCCC(N)C1.Cl. The van der Waals surface area contributed by atoms with Crippen LogP contribution >= 0.6 is 12.4 Å². The lowest BCUT2D eigenvalue weighted by molar-refractivity contribution is 0.181. The predicted molar refractivity (Wildman–Crippen MR) is 69.5 cm³/mol. The van der Waals surface area contributed by atoms with Crippen LogP contribution in [-0.4, -0.2) is 63.5 Å². The van der Waals surface area contributed by atoms with Crippen molar-refractivity contribution in [1.82, 2.24) is 8.61 Å². The van der Waals surface area contributed by atoms with Crippen molar-refractivity contribution < 1.29 is 13.2 Å². The van der Waals surface area contributed by atoms with E-state index in [1.807, 2.05) is 0 Å². The molecule has 1 aliphatic heterocycles. The highest BCUT2D eigenvalue weighted by Gasteiger charge is 2.30. The summed E-state index contributed by atoms with van der Waals surface area (Å²) >= 11 is 0. The van der Waals surface area contributed by atoms with E-state index in [1.54, 1.807) is 14.2 Å². The Bertz CT molecular complexity index is 313. The van der Waals surface area contributed by atoms with Crippen LogP contribution < -0.4 is 5.73 Å². The summed E-state index contributed by atoms with van der Waals surface area (Å²) in [5, 5.41) is 0. The fraction of sp³-hybridized carbons (Fsp3) is 1.00. The Kier molecular flexibility index (Phi) is 7.54. The number of halogens is 1. The molecule has 0 spiro atoms. The monoisotopic (exact) mass is 287 g/mol. The second-order valence-electron chi connectivity index (χ2n) is 4.08. The molecule has 6 nitrogen and oxygen atoms in total. The van der Waals surface area contributed by atoms with Gasteiger partial charge in [0.2, 0.25) is 0 Å². The Labute approximate surface area is 110 Å². The van der Waals surface area contributed by atoms with Crippen molar-refractivity contribution in [3.05, 3.63) is 0 Å². The maximum Gasteiger partial charge on any atom is 0.281 e. The van der Waals surface area contributed by atoms with E-state index in [9.17, 15) is 8.42 Å². The van der Waals surface area contributed by atoms with Crippen LogP contribution in [0, 0.1) is 0 Å². The highest BCUT2D eigenvalue weighted by Crippen LogP contribution is 2.14. The Morgan fingerprint density at radius 3 is 2.71 bits per heavy atom. The fourth-order valence-corrected chi connectivity index (χ4v) is 3.16. The van der Waals surface area contributed by atoms with Crippen LogP contribution in [0.1, 0.15) is 12.8 Å². The molecule has 0 aromatic rings. The molecule has 1 saturated heterocycles. The van der Waals surface area contributed by atoms with Gasteiger partial charge < -0.3 is 10.5 Å². The van der Waals surface area contributed by atoms with E-state index >= 15 is 0 Å². The summed E-state index contributed by atoms with van der Waals surface area (Å²) in [5.74, 6) is 0. The average molecular weight is 288 g/mol. The van der Waals surface area contributed by atoms with Gasteiger partial charge in [0.15, 0.2) is 0 Å². The molecular formula is C9H22ClN3O3S. The molecule has 1 unspecified atom stereocenters. The first-order chi connectivity index (χ1) is 7.48. The molecular weight excluding hydrogens is 266 g/mol. The summed E-state index contributed by atoms with van der Waals surface area (Å²) in [5.41, 5.74) is 5.77. The fourth-order valence-electron chi connectivity index (χ4n) is 1.72. The van der Waals surface area contributed by atoms with Gasteiger partial charge in [-0.25, -0.2) is 0 Å². The van der Waals surface area contributed by atoms with Crippen molar-refractivity contribution in [2.75, 3.05) is 40.4 Å². The lowest BCUT2D eigenvalue weighted by Crippen LogP contribution is -2.50. The predicted octanol–water partition coefficient (Wildman–Crippen LogP) is -0.346. The zero-order chi connectivity index (χ0) is 12.2. The number of piperidine rings is 1. The van der Waals surface area contributed by atoms with Crippen LogP contribution in [0.4, 0.5) is 0 Å². The van der Waals surface area contributed by atoms with Gasteiger partial charge in [-0.3, -0.25) is 0 Å². The number of methoxy groups -OCH3 is 1. The minimum atomic E-state index is -3.36. The third-order valence-corrected chi connectivity index (χ3v) is 4.71. The van der Waals surface area contributed by atoms with E-state index < -0.39 is 10.2 Å². The zero-order valence-electron chi connectivity index (χ0n) is 10.3. The molecule has 2 N–H and O–H groups in total. The molecule has 0 aromatic heterocycles. The van der Waals surface area contributed by atoms with Crippen LogP contribution in [-0.2, 0) is 14.9 Å². The Morgan fingerprint density at radius 1 is 1.53 bits per heavy atom. The van der Waals surface area contributed by atoms with E-state index in [2.05, 4.69) is 0 Å². The van der Waals surface area contributed by atoms with E-state index in [0.29, 0.717) is 26.2 Å². The number of nitrogens with zero attached hydrogens (tertiary/aromatic N) is 2. The van der Waals surface area contributed by atoms with E-state index in [1.165, 1.54) is 8.61 Å². The Balaban J connectivity index is 0.00000256. The van der Waals surface area contributed by atoms with Crippen LogP contribution in [0.5, 0.6) is 0 Å². The third-order valence-electron chi connectivity index (χ3n) is 2.75. The Hall–Kier alpha value is 0.0800. The molecule has 0 aromatic carbocycles. The summed E-state index contributed by atoms with van der Waals surface area (Å²) in [4.78, 5) is 0. The van der Waals surface area contributed by atoms with Crippen molar-refractivity contribution >= 4 is 22.6 Å². The maximum absolute atomic E-state index is 12.1. The minimum Gasteiger partial charge on any atom is -0.383 e. The van der Waals surface area contributed by atoms with Crippen LogP contribution in [0.3, 0.4) is 0 Å². The maximum atomic E-state index is 12.1. The highest BCUT2D eigenvalue weighted by molar-refractivity contribution is 7.86. The second kappa shape index (κ2) is 7.50. The summed E-state index contributed by atoms with van der Waals surface area (Å²) in [7, 11) is -0.244. The number of ether oxygens (including phenoxy) is 1. The molecule has 1 atom stereocenters. The molecule has 1 heterocycles. The second-order valence-corrected chi connectivity index (χ2v) is 6.12. The highest BCUT2D eigenvalue weighted by atomic mass is 35.5.